The normalized spacial score (nSPS) is 23.6. The van der Waals surface area contributed by atoms with Gasteiger partial charge >= 0.3 is 5.97 Å². The first-order valence-electron chi connectivity index (χ1n) is 18.4. The van der Waals surface area contributed by atoms with Crippen molar-refractivity contribution >= 4 is 85.8 Å². The third-order valence-corrected chi connectivity index (χ3v) is 11.7. The van der Waals surface area contributed by atoms with Gasteiger partial charge in [0, 0.05) is 54.5 Å². The minimum absolute atomic E-state index is 0.0195. The number of nitrogens with two attached hydrogens (primary N) is 3. The third-order valence-electron chi connectivity index (χ3n) is 9.24. The number of para-hydroxylation sites is 1. The molecule has 2 saturated heterocycles. The Bertz CT molecular complexity index is 1840. The predicted molar refractivity (Wildman–Crippen MR) is 213 cm³/mol. The van der Waals surface area contributed by atoms with Gasteiger partial charge in [-0.1, -0.05) is 39.8 Å². The highest BCUT2D eigenvalue weighted by atomic mass is 33.1. The van der Waals surface area contributed by atoms with Gasteiger partial charge in [-0.05, 0) is 43.7 Å². The van der Waals surface area contributed by atoms with Crippen LogP contribution in [0.3, 0.4) is 0 Å². The molecule has 20 nitrogen and oxygen atoms in total. The van der Waals surface area contributed by atoms with E-state index in [0.29, 0.717) is 24.8 Å². The molecule has 5 atom stereocenters. The number of aromatic amines is 1. The average Bonchev–Trinajstić information content (AvgIpc) is 3.82. The summed E-state index contributed by atoms with van der Waals surface area (Å²) >= 11 is 0. The van der Waals surface area contributed by atoms with Crippen molar-refractivity contribution in [2.75, 3.05) is 31.1 Å². The number of carboxylic acid groups (broad SMARTS) is 1. The molecule has 0 radical (unpaired) electrons. The van der Waals surface area contributed by atoms with Crippen molar-refractivity contribution < 1.29 is 43.5 Å². The van der Waals surface area contributed by atoms with Crippen LogP contribution in [0.15, 0.2) is 35.5 Å². The lowest BCUT2D eigenvalue weighted by atomic mass is 10.0. The molecule has 2 aliphatic heterocycles. The number of rotatable bonds is 10. The van der Waals surface area contributed by atoms with Crippen molar-refractivity contribution in [2.45, 2.75) is 81.6 Å². The number of hydrogen-bond acceptors (Lipinski definition) is 11. The molecule has 0 spiro atoms. The molecule has 7 amide bonds. The fourth-order valence-corrected chi connectivity index (χ4v) is 8.56. The Labute approximate surface area is 335 Å². The van der Waals surface area contributed by atoms with E-state index >= 15 is 0 Å². The molecule has 22 heteroatoms. The number of fused-ring (bicyclic) bond motifs is 2. The van der Waals surface area contributed by atoms with Crippen molar-refractivity contribution in [3.63, 3.8) is 0 Å². The first kappa shape index (κ1) is 44.2. The molecule has 1 aromatic heterocycles. The number of nitrogens with one attached hydrogen (secondary N) is 6. The lowest BCUT2D eigenvalue weighted by Gasteiger charge is -2.30. The molecule has 1 aromatic carbocycles. The van der Waals surface area contributed by atoms with E-state index in [1.807, 2.05) is 18.2 Å². The van der Waals surface area contributed by atoms with E-state index in [2.05, 4.69) is 36.6 Å². The first-order valence-corrected chi connectivity index (χ1v) is 20.9. The van der Waals surface area contributed by atoms with Gasteiger partial charge in [0.25, 0.3) is 0 Å². The van der Waals surface area contributed by atoms with Crippen LogP contribution in [-0.4, -0.2) is 130 Å². The van der Waals surface area contributed by atoms with Gasteiger partial charge in [0.05, 0.1) is 13.0 Å². The summed E-state index contributed by atoms with van der Waals surface area (Å²) < 4.78 is 0. The van der Waals surface area contributed by atoms with Crippen molar-refractivity contribution in [1.82, 2.24) is 36.5 Å². The maximum atomic E-state index is 14.3. The Morgan fingerprint density at radius 1 is 0.877 bits per heavy atom. The monoisotopic (exact) mass is 831 g/mol. The van der Waals surface area contributed by atoms with Crippen molar-refractivity contribution in [2.24, 2.45) is 22.2 Å². The molecule has 2 fully saturated rings. The fraction of sp³-hybridized carbons (Fsp3) is 0.514. The van der Waals surface area contributed by atoms with E-state index in [0.717, 1.165) is 10.9 Å². The van der Waals surface area contributed by atoms with Crippen LogP contribution < -0.4 is 43.8 Å². The van der Waals surface area contributed by atoms with Crippen LogP contribution in [-0.2, 0) is 44.8 Å². The van der Waals surface area contributed by atoms with E-state index in [-0.39, 0.29) is 56.2 Å². The number of nitrogens with zero attached hydrogens (tertiary/aromatic N) is 2. The van der Waals surface area contributed by atoms with Crippen molar-refractivity contribution in [3.05, 3.63) is 36.0 Å². The van der Waals surface area contributed by atoms with Gasteiger partial charge in [0.15, 0.2) is 5.96 Å². The van der Waals surface area contributed by atoms with Crippen LogP contribution in [0.5, 0.6) is 0 Å². The van der Waals surface area contributed by atoms with Crippen LogP contribution in [0.4, 0.5) is 0 Å². The summed E-state index contributed by atoms with van der Waals surface area (Å²) in [5.41, 5.74) is 17.8. The summed E-state index contributed by atoms with van der Waals surface area (Å²) in [4.78, 5) is 114. The summed E-state index contributed by atoms with van der Waals surface area (Å²) in [5.74, 6) is -6.35. The summed E-state index contributed by atoms with van der Waals surface area (Å²) in [7, 11) is 2.45. The fourth-order valence-electron chi connectivity index (χ4n) is 6.39. The molecule has 4 rings (SSSR count). The van der Waals surface area contributed by atoms with E-state index in [9.17, 15) is 43.5 Å². The van der Waals surface area contributed by atoms with Crippen LogP contribution in [0, 0.1) is 0 Å². The number of aliphatic imine (C=N–C) groups is 1. The Kier molecular flexibility index (Phi) is 16.8. The molecule has 13 N–H and O–H groups in total. The number of carbonyl (C=O) groups is 8. The number of aromatic nitrogens is 1. The van der Waals surface area contributed by atoms with Gasteiger partial charge in [-0.3, -0.25) is 43.3 Å². The van der Waals surface area contributed by atoms with Gasteiger partial charge in [0.2, 0.25) is 41.4 Å². The molecule has 0 aliphatic carbocycles. The number of aliphatic carboxylic acids is 1. The summed E-state index contributed by atoms with van der Waals surface area (Å²) in [6.07, 6.45) is 2.48. The Balaban J connectivity index is 1.61. The maximum Gasteiger partial charge on any atom is 0.305 e. The maximum absolute atomic E-state index is 14.3. The second kappa shape index (κ2) is 21.7. The quantitative estimate of drug-likeness (QED) is 0.0534. The van der Waals surface area contributed by atoms with Crippen molar-refractivity contribution in [3.8, 4) is 0 Å². The first-order chi connectivity index (χ1) is 27.2. The number of benzene rings is 1. The molecule has 57 heavy (non-hydrogen) atoms. The second-order valence-electron chi connectivity index (χ2n) is 13.5. The summed E-state index contributed by atoms with van der Waals surface area (Å²) in [6.45, 7) is -0.233. The highest BCUT2D eigenvalue weighted by Crippen LogP contribution is 2.25. The number of amides is 7. The summed E-state index contributed by atoms with van der Waals surface area (Å²) in [6, 6.07) is 1.07. The molecule has 3 heterocycles. The number of carboxylic acids is 1. The van der Waals surface area contributed by atoms with E-state index in [4.69, 9.17) is 17.2 Å². The molecular weight excluding hydrogens is 783 g/mol. The second-order valence-corrected chi connectivity index (χ2v) is 16.1. The number of carbonyl (C=O) groups excluding carboxylic acids is 7. The number of hydrogen-bond donors (Lipinski definition) is 10. The molecule has 2 aliphatic rings. The van der Waals surface area contributed by atoms with E-state index in [1.165, 1.54) is 26.5 Å². The van der Waals surface area contributed by atoms with Gasteiger partial charge in [-0.15, -0.1) is 0 Å². The van der Waals surface area contributed by atoms with Crippen LogP contribution >= 0.6 is 21.6 Å². The van der Waals surface area contributed by atoms with Gasteiger partial charge in [-0.2, -0.15) is 0 Å². The topological polar surface area (TPSA) is 326 Å². The Morgan fingerprint density at radius 2 is 1.63 bits per heavy atom. The molecule has 310 valence electrons. The average molecular weight is 832 g/mol. The third kappa shape index (κ3) is 13.6. The number of guanidine groups is 1. The zero-order valence-electron chi connectivity index (χ0n) is 31.1. The molecule has 1 unspecified atom stereocenters. The number of primary amides is 1. The molecule has 2 aromatic rings. The lowest BCUT2D eigenvalue weighted by Crippen LogP contribution is -2.59. The number of unbranched alkanes of at least 4 members (excludes halogenated alkanes) is 1. The highest BCUT2D eigenvalue weighted by molar-refractivity contribution is 8.76. The smallest absolute Gasteiger partial charge is 0.305 e. The SMILES string of the molecule is NC(=O)C1CSSCCC(=O)N[C@@H](CCCCN=C(N)N)C(=O)NCC(=O)N[C@@H](CC(=O)O)C(=O)N[C@H](Cc2c[nH]c3ccccc23)C(=O)N2CCC[C@H]2C(=O)N1. The molecular formula is C35H49N11O9S2. The van der Waals surface area contributed by atoms with E-state index < -0.39 is 90.5 Å². The molecule has 0 saturated carbocycles. The standard InChI is InChI=1S/C35H49N11O9S2/c36-30(51)25-18-57-56-13-10-27(47)42-22(8-3-4-11-39-35(37)38)31(52)41-17-28(48)43-23(15-29(49)50)32(53)44-24(14-19-16-40-21-7-2-1-6-20(19)21)34(55)46-12-5-9-26(46)33(54)45-25/h1-2,6-7,16,22-26,40H,3-5,8-15,17-18H2,(H2,36,51)(H,41,52)(H,42,47)(H,43,48)(H,44,53)(H,45,54)(H,49,50)(H4,37,38,39)/t22-,23-,24+,25?,26-/m0/s1. The minimum Gasteiger partial charge on any atom is -0.481 e. The van der Waals surface area contributed by atoms with Crippen molar-refractivity contribution in [1.29, 1.82) is 0 Å². The lowest BCUT2D eigenvalue weighted by molar-refractivity contribution is -0.143. The Hall–Kier alpha value is -5.51. The van der Waals surface area contributed by atoms with Crippen LogP contribution in [0.25, 0.3) is 10.9 Å². The predicted octanol–water partition coefficient (Wildman–Crippen LogP) is -2.05. The van der Waals surface area contributed by atoms with Gasteiger partial charge in [0.1, 0.15) is 30.2 Å². The molecule has 0 bridgehead atoms. The van der Waals surface area contributed by atoms with Gasteiger partial charge < -0.3 is 58.8 Å². The highest BCUT2D eigenvalue weighted by Gasteiger charge is 2.40. The van der Waals surface area contributed by atoms with Gasteiger partial charge in [-0.25, -0.2) is 0 Å². The number of H-pyrrole nitrogens is 1. The summed E-state index contributed by atoms with van der Waals surface area (Å²) in [5, 5.41) is 23.1. The van der Waals surface area contributed by atoms with E-state index in [1.54, 1.807) is 12.3 Å². The largest absolute Gasteiger partial charge is 0.481 e. The van der Waals surface area contributed by atoms with Crippen LogP contribution in [0.1, 0.15) is 50.5 Å². The zero-order valence-corrected chi connectivity index (χ0v) is 32.8. The Morgan fingerprint density at radius 3 is 2.37 bits per heavy atom. The minimum atomic E-state index is -1.68. The zero-order chi connectivity index (χ0) is 41.5. The van der Waals surface area contributed by atoms with Crippen LogP contribution in [0.2, 0.25) is 0 Å².